The van der Waals surface area contributed by atoms with E-state index in [-0.39, 0.29) is 24.2 Å². The number of nitrogens with zero attached hydrogens (tertiary/aromatic N) is 3. The van der Waals surface area contributed by atoms with Crippen LogP contribution in [-0.4, -0.2) is 83.0 Å². The standard InChI is InChI=1S/C28H37N3O4/c32-24-18-31(17-21-5-4-6-23(15-21)22-9-11-29-12-10-22)26-8-7-25(35-27(26)20-34-19-24)16-28(33)30-13-2-1-3-14-30/h4-6,9-12,15,24-27,32H,1-3,7-8,13-14,16-20H2/t24-,25-,26-,27+/m0/s1. The van der Waals surface area contributed by atoms with Gasteiger partial charge >= 0.3 is 0 Å². The predicted octanol–water partition coefficient (Wildman–Crippen LogP) is 3.26. The second-order valence-electron chi connectivity index (χ2n) is 10.1. The summed E-state index contributed by atoms with van der Waals surface area (Å²) < 4.78 is 12.3. The fraction of sp³-hybridized carbons (Fsp3) is 0.571. The summed E-state index contributed by atoms with van der Waals surface area (Å²) in [7, 11) is 0. The Morgan fingerprint density at radius 1 is 1.03 bits per heavy atom. The van der Waals surface area contributed by atoms with E-state index in [4.69, 9.17) is 9.47 Å². The molecule has 1 aromatic heterocycles. The number of aliphatic hydroxyl groups excluding tert-OH is 1. The Labute approximate surface area is 208 Å². The van der Waals surface area contributed by atoms with Gasteiger partial charge in [0.15, 0.2) is 0 Å². The molecule has 4 atom stereocenters. The number of β-amino-alcohol motifs (C(OH)–C–C–N with tert-alkyl or cyclic N) is 1. The summed E-state index contributed by atoms with van der Waals surface area (Å²) in [4.78, 5) is 21.3. The third-order valence-electron chi connectivity index (χ3n) is 7.52. The lowest BCUT2D eigenvalue weighted by atomic mass is 9.93. The van der Waals surface area contributed by atoms with Gasteiger partial charge < -0.3 is 19.5 Å². The molecule has 2 aromatic rings. The third-order valence-corrected chi connectivity index (χ3v) is 7.52. The van der Waals surface area contributed by atoms with E-state index in [1.807, 2.05) is 29.4 Å². The van der Waals surface area contributed by atoms with Crippen LogP contribution in [0, 0.1) is 0 Å². The maximum absolute atomic E-state index is 12.8. The van der Waals surface area contributed by atoms with E-state index in [2.05, 4.69) is 34.1 Å². The maximum Gasteiger partial charge on any atom is 0.225 e. The second-order valence-corrected chi connectivity index (χ2v) is 10.1. The molecule has 188 valence electrons. The smallest absolute Gasteiger partial charge is 0.225 e. The van der Waals surface area contributed by atoms with Crippen LogP contribution in [0.2, 0.25) is 0 Å². The van der Waals surface area contributed by atoms with Crippen molar-refractivity contribution in [2.45, 2.75) is 69.4 Å². The van der Waals surface area contributed by atoms with Crippen LogP contribution in [-0.2, 0) is 20.8 Å². The number of hydrogen-bond acceptors (Lipinski definition) is 6. The lowest BCUT2D eigenvalue weighted by Gasteiger charge is -2.44. The number of fused-ring (bicyclic) bond motifs is 1. The molecule has 0 radical (unpaired) electrons. The van der Waals surface area contributed by atoms with Crippen LogP contribution in [0.15, 0.2) is 48.8 Å². The van der Waals surface area contributed by atoms with Crippen molar-refractivity contribution in [1.82, 2.24) is 14.8 Å². The highest BCUT2D eigenvalue weighted by Crippen LogP contribution is 2.30. The number of rotatable bonds is 5. The van der Waals surface area contributed by atoms with Crippen LogP contribution in [0.1, 0.15) is 44.1 Å². The van der Waals surface area contributed by atoms with Gasteiger partial charge in [-0.15, -0.1) is 0 Å². The number of ether oxygens (including phenoxy) is 2. The van der Waals surface area contributed by atoms with Crippen molar-refractivity contribution in [3.63, 3.8) is 0 Å². The number of hydrogen-bond donors (Lipinski definition) is 1. The van der Waals surface area contributed by atoms with E-state index < -0.39 is 6.10 Å². The molecule has 7 nitrogen and oxygen atoms in total. The summed E-state index contributed by atoms with van der Waals surface area (Å²) in [6.07, 6.45) is 8.61. The van der Waals surface area contributed by atoms with E-state index in [1.54, 1.807) is 0 Å². The Morgan fingerprint density at radius 3 is 2.69 bits per heavy atom. The Kier molecular flexibility index (Phi) is 8.09. The molecule has 1 aromatic carbocycles. The van der Waals surface area contributed by atoms with E-state index in [1.165, 1.54) is 12.0 Å². The number of aliphatic hydroxyl groups is 1. The van der Waals surface area contributed by atoms with Crippen molar-refractivity contribution in [1.29, 1.82) is 0 Å². The highest BCUT2D eigenvalue weighted by atomic mass is 16.5. The SMILES string of the molecule is O=C(C[C@@H]1CC[C@H]2[C@@H](COC[C@@H](O)CN2Cc2cccc(-c3ccncc3)c2)O1)N1CCCCC1. The van der Waals surface area contributed by atoms with Crippen molar-refractivity contribution < 1.29 is 19.4 Å². The molecule has 3 aliphatic rings. The minimum atomic E-state index is -0.530. The molecule has 3 saturated heterocycles. The lowest BCUT2D eigenvalue weighted by Crippen LogP contribution is -2.55. The molecule has 0 bridgehead atoms. The normalized spacial score (nSPS) is 28.1. The highest BCUT2D eigenvalue weighted by molar-refractivity contribution is 5.76. The first-order chi connectivity index (χ1) is 17.2. The molecule has 0 spiro atoms. The molecule has 3 fully saturated rings. The van der Waals surface area contributed by atoms with Gasteiger partial charge in [-0.25, -0.2) is 0 Å². The van der Waals surface area contributed by atoms with E-state index in [0.717, 1.165) is 56.4 Å². The van der Waals surface area contributed by atoms with Crippen LogP contribution >= 0.6 is 0 Å². The molecule has 35 heavy (non-hydrogen) atoms. The molecular formula is C28H37N3O4. The maximum atomic E-state index is 12.8. The zero-order valence-electron chi connectivity index (χ0n) is 20.4. The Balaban J connectivity index is 1.26. The number of pyridine rings is 1. The van der Waals surface area contributed by atoms with Gasteiger partial charge in [0.1, 0.15) is 0 Å². The molecule has 1 amide bonds. The van der Waals surface area contributed by atoms with Gasteiger partial charge in [0, 0.05) is 44.6 Å². The van der Waals surface area contributed by atoms with Gasteiger partial charge in [0.05, 0.1) is 37.9 Å². The summed E-state index contributed by atoms with van der Waals surface area (Å²) in [5.74, 6) is 0.222. The molecule has 7 heteroatoms. The highest BCUT2D eigenvalue weighted by Gasteiger charge is 2.38. The van der Waals surface area contributed by atoms with Crippen LogP contribution in [0.3, 0.4) is 0 Å². The van der Waals surface area contributed by atoms with Crippen molar-refractivity contribution in [3.8, 4) is 11.1 Å². The Morgan fingerprint density at radius 2 is 1.86 bits per heavy atom. The fourth-order valence-corrected chi connectivity index (χ4v) is 5.72. The quantitative estimate of drug-likeness (QED) is 0.710. The number of carbonyl (C=O) groups is 1. The van der Waals surface area contributed by atoms with Crippen molar-refractivity contribution >= 4 is 5.91 Å². The van der Waals surface area contributed by atoms with E-state index >= 15 is 0 Å². The first-order valence-electron chi connectivity index (χ1n) is 13.1. The van der Waals surface area contributed by atoms with Crippen LogP contribution in [0.5, 0.6) is 0 Å². The van der Waals surface area contributed by atoms with Crippen LogP contribution in [0.25, 0.3) is 11.1 Å². The van der Waals surface area contributed by atoms with Crippen molar-refractivity contribution in [2.24, 2.45) is 0 Å². The number of benzene rings is 1. The first kappa shape index (κ1) is 24.4. The number of amides is 1. The summed E-state index contributed by atoms with van der Waals surface area (Å²) in [5, 5.41) is 10.5. The molecule has 0 unspecified atom stereocenters. The Hall–Kier alpha value is -2.32. The van der Waals surface area contributed by atoms with Gasteiger partial charge in [-0.3, -0.25) is 14.7 Å². The summed E-state index contributed by atoms with van der Waals surface area (Å²) >= 11 is 0. The van der Waals surface area contributed by atoms with Gasteiger partial charge in [0.25, 0.3) is 0 Å². The molecule has 3 aliphatic heterocycles. The average Bonchev–Trinajstić information content (AvgIpc) is 2.89. The predicted molar refractivity (Wildman–Crippen MR) is 134 cm³/mol. The minimum absolute atomic E-state index is 0.0597. The molecule has 0 aliphatic carbocycles. The molecular weight excluding hydrogens is 442 g/mol. The zero-order chi connectivity index (χ0) is 24.0. The minimum Gasteiger partial charge on any atom is -0.389 e. The Bertz CT molecular complexity index is 966. The van der Waals surface area contributed by atoms with Gasteiger partial charge in [-0.05, 0) is 67.0 Å². The molecule has 0 saturated carbocycles. The molecule has 5 rings (SSSR count). The summed E-state index contributed by atoms with van der Waals surface area (Å²) in [6.45, 7) is 3.79. The summed E-state index contributed by atoms with van der Waals surface area (Å²) in [5.41, 5.74) is 3.51. The van der Waals surface area contributed by atoms with Crippen LogP contribution < -0.4 is 0 Å². The van der Waals surface area contributed by atoms with Gasteiger partial charge in [-0.2, -0.15) is 0 Å². The van der Waals surface area contributed by atoms with E-state index in [0.29, 0.717) is 26.2 Å². The van der Waals surface area contributed by atoms with Crippen LogP contribution in [0.4, 0.5) is 0 Å². The number of aromatic nitrogens is 1. The molecule has 1 N–H and O–H groups in total. The molecule has 4 heterocycles. The topological polar surface area (TPSA) is 75.1 Å². The van der Waals surface area contributed by atoms with Crippen molar-refractivity contribution in [2.75, 3.05) is 32.8 Å². The average molecular weight is 480 g/mol. The van der Waals surface area contributed by atoms with Gasteiger partial charge in [-0.1, -0.05) is 18.2 Å². The fourth-order valence-electron chi connectivity index (χ4n) is 5.72. The zero-order valence-corrected chi connectivity index (χ0v) is 20.4. The first-order valence-corrected chi connectivity index (χ1v) is 13.1. The van der Waals surface area contributed by atoms with E-state index in [9.17, 15) is 9.90 Å². The second kappa shape index (κ2) is 11.6. The monoisotopic (exact) mass is 479 g/mol. The number of likely N-dealkylation sites (tertiary alicyclic amines) is 1. The third kappa shape index (κ3) is 6.28. The van der Waals surface area contributed by atoms with Gasteiger partial charge in [0.2, 0.25) is 5.91 Å². The van der Waals surface area contributed by atoms with Crippen molar-refractivity contribution in [3.05, 3.63) is 54.4 Å². The number of piperidine rings is 1. The number of carbonyl (C=O) groups excluding carboxylic acids is 1. The largest absolute Gasteiger partial charge is 0.389 e. The lowest BCUT2D eigenvalue weighted by molar-refractivity contribution is -0.161. The summed E-state index contributed by atoms with van der Waals surface area (Å²) in [6, 6.07) is 12.8.